The highest BCUT2D eigenvalue weighted by atomic mass is 19.4. The summed E-state index contributed by atoms with van der Waals surface area (Å²) >= 11 is 0. The highest BCUT2D eigenvalue weighted by Gasteiger charge is 2.30. The molecule has 0 spiro atoms. The van der Waals surface area contributed by atoms with Crippen molar-refractivity contribution in [1.29, 1.82) is 0 Å². The van der Waals surface area contributed by atoms with Gasteiger partial charge in [-0.3, -0.25) is 4.79 Å². The second kappa shape index (κ2) is 4.44. The number of hydrogen-bond acceptors (Lipinski definition) is 2. The zero-order valence-corrected chi connectivity index (χ0v) is 7.71. The van der Waals surface area contributed by atoms with Gasteiger partial charge in [-0.2, -0.15) is 13.2 Å². The van der Waals surface area contributed by atoms with Crippen LogP contribution in [-0.4, -0.2) is 18.0 Å². The Morgan fingerprint density at radius 2 is 2.00 bits per heavy atom. The molecule has 0 amide bonds. The standard InChI is InChI=1S/C10H9F3O2/c11-10(12,13)9-2-1-7(3-4-14)8(5-9)6-15/h1-2,5-6,14H,3-4H2. The molecule has 0 saturated carbocycles. The van der Waals surface area contributed by atoms with E-state index in [1.807, 2.05) is 0 Å². The SMILES string of the molecule is O=Cc1cc(C(F)(F)F)ccc1CCO. The molecule has 0 fully saturated rings. The van der Waals surface area contributed by atoms with Crippen LogP contribution in [0, 0.1) is 0 Å². The topological polar surface area (TPSA) is 37.3 Å². The van der Waals surface area contributed by atoms with Crippen molar-refractivity contribution < 1.29 is 23.1 Å². The second-order valence-corrected chi connectivity index (χ2v) is 3.00. The lowest BCUT2D eigenvalue weighted by Crippen LogP contribution is -2.07. The molecule has 0 unspecified atom stereocenters. The van der Waals surface area contributed by atoms with E-state index in [0.29, 0.717) is 11.8 Å². The van der Waals surface area contributed by atoms with Gasteiger partial charge < -0.3 is 5.11 Å². The Labute approximate surface area is 84.3 Å². The molecule has 0 aliphatic rings. The fourth-order valence-electron chi connectivity index (χ4n) is 1.23. The summed E-state index contributed by atoms with van der Waals surface area (Å²) in [6, 6.07) is 2.90. The van der Waals surface area contributed by atoms with E-state index in [9.17, 15) is 18.0 Å². The molecule has 0 bridgehead atoms. The lowest BCUT2D eigenvalue weighted by molar-refractivity contribution is -0.137. The Balaban J connectivity index is 3.13. The molecule has 5 heteroatoms. The van der Waals surface area contributed by atoms with Crippen LogP contribution in [0.4, 0.5) is 13.2 Å². The Hall–Kier alpha value is -1.36. The zero-order chi connectivity index (χ0) is 11.5. The average Bonchev–Trinajstić information content (AvgIpc) is 2.17. The van der Waals surface area contributed by atoms with Gasteiger partial charge in [0.2, 0.25) is 0 Å². The molecule has 82 valence electrons. The molecule has 1 aromatic carbocycles. The van der Waals surface area contributed by atoms with Gasteiger partial charge in [-0.25, -0.2) is 0 Å². The molecule has 15 heavy (non-hydrogen) atoms. The lowest BCUT2D eigenvalue weighted by Gasteiger charge is -2.09. The Morgan fingerprint density at radius 1 is 1.33 bits per heavy atom. The van der Waals surface area contributed by atoms with Crippen molar-refractivity contribution in [2.45, 2.75) is 12.6 Å². The molecule has 1 rings (SSSR count). The third kappa shape index (κ3) is 2.79. The van der Waals surface area contributed by atoms with Crippen LogP contribution < -0.4 is 0 Å². The number of carbonyl (C=O) groups is 1. The van der Waals surface area contributed by atoms with Crippen molar-refractivity contribution >= 4 is 6.29 Å². The summed E-state index contributed by atoms with van der Waals surface area (Å²) in [7, 11) is 0. The van der Waals surface area contributed by atoms with Crippen LogP contribution in [0.3, 0.4) is 0 Å². The summed E-state index contributed by atoms with van der Waals surface area (Å²) in [4.78, 5) is 10.5. The van der Waals surface area contributed by atoms with Gasteiger partial charge in [0.1, 0.15) is 6.29 Å². The maximum Gasteiger partial charge on any atom is 0.416 e. The van der Waals surface area contributed by atoms with Gasteiger partial charge in [0.15, 0.2) is 0 Å². The number of rotatable bonds is 3. The Morgan fingerprint density at radius 3 is 2.47 bits per heavy atom. The van der Waals surface area contributed by atoms with Crippen LogP contribution in [0.5, 0.6) is 0 Å². The average molecular weight is 218 g/mol. The van der Waals surface area contributed by atoms with Crippen LogP contribution in [0.25, 0.3) is 0 Å². The molecule has 0 aliphatic heterocycles. The van der Waals surface area contributed by atoms with Crippen molar-refractivity contribution in [1.82, 2.24) is 0 Å². The number of benzene rings is 1. The molecule has 0 aliphatic carbocycles. The summed E-state index contributed by atoms with van der Waals surface area (Å²) in [6.45, 7) is -0.202. The van der Waals surface area contributed by atoms with Crippen LogP contribution in [0.15, 0.2) is 18.2 Å². The highest BCUT2D eigenvalue weighted by molar-refractivity contribution is 5.77. The fraction of sp³-hybridized carbons (Fsp3) is 0.300. The minimum absolute atomic E-state index is 0.0288. The number of alkyl halides is 3. The molecule has 0 heterocycles. The van der Waals surface area contributed by atoms with Gasteiger partial charge in [0, 0.05) is 12.2 Å². The van der Waals surface area contributed by atoms with Gasteiger partial charge >= 0.3 is 6.18 Å². The first-order chi connectivity index (χ1) is 6.99. The number of aliphatic hydroxyl groups excluding tert-OH is 1. The third-order valence-corrected chi connectivity index (χ3v) is 1.98. The van der Waals surface area contributed by atoms with Crippen molar-refractivity contribution in [3.05, 3.63) is 34.9 Å². The van der Waals surface area contributed by atoms with Crippen LogP contribution >= 0.6 is 0 Å². The highest BCUT2D eigenvalue weighted by Crippen LogP contribution is 2.30. The number of aliphatic hydroxyl groups is 1. The minimum Gasteiger partial charge on any atom is -0.396 e. The third-order valence-electron chi connectivity index (χ3n) is 1.98. The molecule has 0 radical (unpaired) electrons. The molecule has 2 nitrogen and oxygen atoms in total. The molecular formula is C10H9F3O2. The second-order valence-electron chi connectivity index (χ2n) is 3.00. The van der Waals surface area contributed by atoms with Crippen LogP contribution in [0.2, 0.25) is 0 Å². The largest absolute Gasteiger partial charge is 0.416 e. The molecule has 0 aromatic heterocycles. The van der Waals surface area contributed by atoms with Gasteiger partial charge in [0.25, 0.3) is 0 Å². The maximum absolute atomic E-state index is 12.3. The van der Waals surface area contributed by atoms with Crippen LogP contribution in [-0.2, 0) is 12.6 Å². The van der Waals surface area contributed by atoms with Crippen molar-refractivity contribution in [3.63, 3.8) is 0 Å². The number of halogens is 3. The predicted octanol–water partition coefficient (Wildman–Crippen LogP) is 2.05. The van der Waals surface area contributed by atoms with Crippen molar-refractivity contribution in [3.8, 4) is 0 Å². The van der Waals surface area contributed by atoms with E-state index < -0.39 is 11.7 Å². The van der Waals surface area contributed by atoms with Gasteiger partial charge in [-0.05, 0) is 24.1 Å². The van der Waals surface area contributed by atoms with Gasteiger partial charge in [0.05, 0.1) is 5.56 Å². The molecule has 0 atom stereocenters. The van der Waals surface area contributed by atoms with E-state index in [-0.39, 0.29) is 18.6 Å². The van der Waals surface area contributed by atoms with Crippen molar-refractivity contribution in [2.24, 2.45) is 0 Å². The summed E-state index contributed by atoms with van der Waals surface area (Å²) in [5, 5.41) is 8.63. The summed E-state index contributed by atoms with van der Waals surface area (Å²) in [5.74, 6) is 0. The first-order valence-electron chi connectivity index (χ1n) is 4.25. The zero-order valence-electron chi connectivity index (χ0n) is 7.71. The van der Waals surface area contributed by atoms with E-state index in [4.69, 9.17) is 5.11 Å². The number of hydrogen-bond donors (Lipinski definition) is 1. The molecule has 1 N–H and O–H groups in total. The fourth-order valence-corrected chi connectivity index (χ4v) is 1.23. The van der Waals surface area contributed by atoms with Crippen LogP contribution in [0.1, 0.15) is 21.5 Å². The van der Waals surface area contributed by atoms with E-state index in [0.717, 1.165) is 12.1 Å². The Kier molecular flexibility index (Phi) is 3.47. The summed E-state index contributed by atoms with van der Waals surface area (Å²) < 4.78 is 36.8. The smallest absolute Gasteiger partial charge is 0.396 e. The predicted molar refractivity (Wildman–Crippen MR) is 47.6 cm³/mol. The van der Waals surface area contributed by atoms with E-state index in [1.165, 1.54) is 6.07 Å². The quantitative estimate of drug-likeness (QED) is 0.788. The normalized spacial score (nSPS) is 11.5. The lowest BCUT2D eigenvalue weighted by atomic mass is 10.0. The maximum atomic E-state index is 12.3. The first kappa shape index (κ1) is 11.7. The number of carbonyl (C=O) groups excluding carboxylic acids is 1. The molecule has 1 aromatic rings. The Bertz CT molecular complexity index is 358. The van der Waals surface area contributed by atoms with Gasteiger partial charge in [-0.15, -0.1) is 0 Å². The number of aldehydes is 1. The van der Waals surface area contributed by atoms with E-state index >= 15 is 0 Å². The summed E-state index contributed by atoms with van der Waals surface area (Å²) in [5.41, 5.74) is -0.467. The summed E-state index contributed by atoms with van der Waals surface area (Å²) in [6.07, 6.45) is -3.91. The van der Waals surface area contributed by atoms with Crippen molar-refractivity contribution in [2.75, 3.05) is 6.61 Å². The first-order valence-corrected chi connectivity index (χ1v) is 4.25. The van der Waals surface area contributed by atoms with E-state index in [2.05, 4.69) is 0 Å². The monoisotopic (exact) mass is 218 g/mol. The molecule has 0 saturated heterocycles. The van der Waals surface area contributed by atoms with E-state index in [1.54, 1.807) is 0 Å². The minimum atomic E-state index is -4.45. The molecular weight excluding hydrogens is 209 g/mol. The van der Waals surface area contributed by atoms with Gasteiger partial charge in [-0.1, -0.05) is 6.07 Å².